The highest BCUT2D eigenvalue weighted by Crippen LogP contribution is 2.33. The molecule has 1 N–H and O–H groups in total. The molecular weight excluding hydrogens is 480 g/mol. The van der Waals surface area contributed by atoms with E-state index in [4.69, 9.17) is 9.47 Å². The van der Waals surface area contributed by atoms with Gasteiger partial charge in [0.2, 0.25) is 5.91 Å². The second-order valence-electron chi connectivity index (χ2n) is 10.2. The van der Waals surface area contributed by atoms with E-state index < -0.39 is 24.4 Å². The molecule has 1 aliphatic heterocycles. The number of hydrogen-bond donors (Lipinski definition) is 1. The fourth-order valence-corrected chi connectivity index (χ4v) is 4.45. The SMILES string of the molecule is Cc1ccc(C)c(NC(=O)COC(=O)[C@@H]2CC(=O)N(c3ccc(Oc4cc(C)ccc4C(C)C)cc3)C2)c1. The number of anilines is 2. The first-order valence-corrected chi connectivity index (χ1v) is 12.8. The lowest BCUT2D eigenvalue weighted by molar-refractivity contribution is -0.151. The van der Waals surface area contributed by atoms with E-state index in [0.717, 1.165) is 28.0 Å². The van der Waals surface area contributed by atoms with Gasteiger partial charge in [0, 0.05) is 24.3 Å². The number of benzene rings is 3. The van der Waals surface area contributed by atoms with Gasteiger partial charge in [-0.1, -0.05) is 38.1 Å². The van der Waals surface area contributed by atoms with Crippen LogP contribution in [0.1, 0.15) is 48.4 Å². The minimum absolute atomic E-state index is 0.0384. The van der Waals surface area contributed by atoms with E-state index >= 15 is 0 Å². The Labute approximate surface area is 223 Å². The minimum Gasteiger partial charge on any atom is -0.457 e. The average Bonchev–Trinajstić information content (AvgIpc) is 3.26. The van der Waals surface area contributed by atoms with Crippen molar-refractivity contribution in [3.63, 3.8) is 0 Å². The van der Waals surface area contributed by atoms with Crippen LogP contribution >= 0.6 is 0 Å². The Morgan fingerprint density at radius 3 is 2.37 bits per heavy atom. The zero-order chi connectivity index (χ0) is 27.4. The zero-order valence-electron chi connectivity index (χ0n) is 22.5. The van der Waals surface area contributed by atoms with Crippen molar-refractivity contribution in [2.24, 2.45) is 5.92 Å². The van der Waals surface area contributed by atoms with Crippen molar-refractivity contribution in [2.75, 3.05) is 23.4 Å². The van der Waals surface area contributed by atoms with E-state index in [9.17, 15) is 14.4 Å². The topological polar surface area (TPSA) is 84.9 Å². The number of amides is 2. The summed E-state index contributed by atoms with van der Waals surface area (Å²) in [6.45, 7) is 9.90. The molecule has 3 aromatic carbocycles. The van der Waals surface area contributed by atoms with Gasteiger partial charge in [0.1, 0.15) is 11.5 Å². The number of hydrogen-bond acceptors (Lipinski definition) is 5. The minimum atomic E-state index is -0.632. The van der Waals surface area contributed by atoms with Gasteiger partial charge in [-0.05, 0) is 85.3 Å². The van der Waals surface area contributed by atoms with Crippen LogP contribution in [-0.4, -0.2) is 30.9 Å². The van der Waals surface area contributed by atoms with Crippen molar-refractivity contribution in [3.05, 3.63) is 82.9 Å². The molecule has 1 aliphatic rings. The molecular formula is C31H34N2O5. The number of aryl methyl sites for hydroxylation is 3. The van der Waals surface area contributed by atoms with Gasteiger partial charge < -0.3 is 19.7 Å². The molecule has 1 fully saturated rings. The Kier molecular flexibility index (Phi) is 8.15. The van der Waals surface area contributed by atoms with Crippen molar-refractivity contribution in [1.29, 1.82) is 0 Å². The van der Waals surface area contributed by atoms with Gasteiger partial charge >= 0.3 is 5.97 Å². The second kappa shape index (κ2) is 11.5. The van der Waals surface area contributed by atoms with E-state index in [0.29, 0.717) is 23.0 Å². The van der Waals surface area contributed by atoms with Gasteiger partial charge in [0.25, 0.3) is 5.91 Å². The first-order valence-electron chi connectivity index (χ1n) is 12.8. The number of carbonyl (C=O) groups excluding carboxylic acids is 3. The van der Waals surface area contributed by atoms with E-state index in [2.05, 4.69) is 31.3 Å². The van der Waals surface area contributed by atoms with E-state index in [1.807, 2.05) is 69.3 Å². The number of carbonyl (C=O) groups is 3. The molecule has 4 rings (SSSR count). The first-order chi connectivity index (χ1) is 18.1. The molecule has 0 radical (unpaired) electrons. The van der Waals surface area contributed by atoms with Crippen LogP contribution in [0.5, 0.6) is 11.5 Å². The molecule has 0 unspecified atom stereocenters. The summed E-state index contributed by atoms with van der Waals surface area (Å²) < 4.78 is 11.4. The van der Waals surface area contributed by atoms with Crippen molar-refractivity contribution >= 4 is 29.2 Å². The summed E-state index contributed by atoms with van der Waals surface area (Å²) in [5, 5.41) is 2.77. The molecule has 198 valence electrons. The maximum atomic E-state index is 12.7. The molecule has 2 amide bonds. The summed E-state index contributed by atoms with van der Waals surface area (Å²) >= 11 is 0. The summed E-state index contributed by atoms with van der Waals surface area (Å²) in [5.41, 5.74) is 5.54. The molecule has 0 bridgehead atoms. The molecule has 0 aliphatic carbocycles. The average molecular weight is 515 g/mol. The van der Waals surface area contributed by atoms with E-state index in [-0.39, 0.29) is 18.9 Å². The predicted octanol–water partition coefficient (Wildman–Crippen LogP) is 6.06. The maximum Gasteiger partial charge on any atom is 0.311 e. The van der Waals surface area contributed by atoms with Crippen LogP contribution in [0.3, 0.4) is 0 Å². The maximum absolute atomic E-state index is 12.7. The van der Waals surface area contributed by atoms with Crippen molar-refractivity contribution < 1.29 is 23.9 Å². The summed E-state index contributed by atoms with van der Waals surface area (Å²) in [6.07, 6.45) is 0.0384. The fourth-order valence-electron chi connectivity index (χ4n) is 4.45. The van der Waals surface area contributed by atoms with Gasteiger partial charge in [0.05, 0.1) is 5.92 Å². The summed E-state index contributed by atoms with van der Waals surface area (Å²) in [6, 6.07) is 19.2. The van der Waals surface area contributed by atoms with Crippen LogP contribution in [0.2, 0.25) is 0 Å². The quantitative estimate of drug-likeness (QED) is 0.369. The summed E-state index contributed by atoms with van der Waals surface area (Å²) in [5.74, 6) is 0.0272. The molecule has 0 spiro atoms. The molecule has 1 heterocycles. The molecule has 3 aromatic rings. The Balaban J connectivity index is 1.33. The van der Waals surface area contributed by atoms with E-state index in [1.54, 1.807) is 4.90 Å². The predicted molar refractivity (Wildman–Crippen MR) is 148 cm³/mol. The van der Waals surface area contributed by atoms with Gasteiger partial charge in [-0.2, -0.15) is 0 Å². The van der Waals surface area contributed by atoms with E-state index in [1.165, 1.54) is 0 Å². The lowest BCUT2D eigenvalue weighted by atomic mass is 10.0. The zero-order valence-corrected chi connectivity index (χ0v) is 22.5. The highest BCUT2D eigenvalue weighted by atomic mass is 16.5. The lowest BCUT2D eigenvalue weighted by Gasteiger charge is -2.18. The Morgan fingerprint density at radius 2 is 1.66 bits per heavy atom. The summed E-state index contributed by atoms with van der Waals surface area (Å²) in [4.78, 5) is 39.2. The second-order valence-corrected chi connectivity index (χ2v) is 10.2. The normalized spacial score (nSPS) is 15.1. The number of esters is 1. The Bertz CT molecular complexity index is 1350. The van der Waals surface area contributed by atoms with Crippen molar-refractivity contribution in [2.45, 2.75) is 47.0 Å². The monoisotopic (exact) mass is 514 g/mol. The summed E-state index contributed by atoms with van der Waals surface area (Å²) in [7, 11) is 0. The van der Waals surface area contributed by atoms with Crippen molar-refractivity contribution in [1.82, 2.24) is 0 Å². The van der Waals surface area contributed by atoms with Crippen LogP contribution in [0.4, 0.5) is 11.4 Å². The number of ether oxygens (including phenoxy) is 2. The first kappa shape index (κ1) is 26.9. The smallest absolute Gasteiger partial charge is 0.311 e. The Morgan fingerprint density at radius 1 is 0.974 bits per heavy atom. The highest BCUT2D eigenvalue weighted by molar-refractivity contribution is 6.00. The van der Waals surface area contributed by atoms with Gasteiger partial charge in [-0.15, -0.1) is 0 Å². The number of nitrogens with one attached hydrogen (secondary N) is 1. The number of nitrogens with zero attached hydrogens (tertiary/aromatic N) is 1. The standard InChI is InChI=1S/C31H34N2O5/c1-19(2)26-13-7-21(4)15-28(26)38-25-11-9-24(10-12-25)33-17-23(16-30(33)35)31(36)37-18-29(34)32-27-14-20(3)6-8-22(27)5/h6-15,19,23H,16-18H2,1-5H3,(H,32,34)/t23-/m1/s1. The molecule has 1 saturated heterocycles. The third-order valence-electron chi connectivity index (χ3n) is 6.64. The largest absolute Gasteiger partial charge is 0.457 e. The molecule has 1 atom stereocenters. The van der Waals surface area contributed by atoms with Crippen LogP contribution in [-0.2, 0) is 19.1 Å². The molecule has 7 heteroatoms. The van der Waals surface area contributed by atoms with Crippen molar-refractivity contribution in [3.8, 4) is 11.5 Å². The van der Waals surface area contributed by atoms with Crippen LogP contribution in [0.25, 0.3) is 0 Å². The van der Waals surface area contributed by atoms with Crippen LogP contribution in [0, 0.1) is 26.7 Å². The highest BCUT2D eigenvalue weighted by Gasteiger charge is 2.36. The Hall–Kier alpha value is -4.13. The van der Waals surface area contributed by atoms with Gasteiger partial charge in [-0.25, -0.2) is 0 Å². The molecule has 0 aromatic heterocycles. The number of rotatable bonds is 8. The third-order valence-corrected chi connectivity index (χ3v) is 6.64. The lowest BCUT2D eigenvalue weighted by Crippen LogP contribution is -2.28. The molecule has 0 saturated carbocycles. The fraction of sp³-hybridized carbons (Fsp3) is 0.323. The van der Waals surface area contributed by atoms with Gasteiger partial charge in [-0.3, -0.25) is 14.4 Å². The van der Waals surface area contributed by atoms with Crippen LogP contribution < -0.4 is 15.0 Å². The third kappa shape index (κ3) is 6.40. The molecule has 38 heavy (non-hydrogen) atoms. The molecule has 7 nitrogen and oxygen atoms in total. The van der Waals surface area contributed by atoms with Gasteiger partial charge in [0.15, 0.2) is 6.61 Å². The van der Waals surface area contributed by atoms with Crippen LogP contribution in [0.15, 0.2) is 60.7 Å².